The van der Waals surface area contributed by atoms with Crippen LogP contribution in [0.1, 0.15) is 22.8 Å². The third-order valence-electron chi connectivity index (χ3n) is 4.05. The van der Waals surface area contributed by atoms with Crippen LogP contribution in [0.15, 0.2) is 76.3 Å². The summed E-state index contributed by atoms with van der Waals surface area (Å²) in [5, 5.41) is 7.19. The molecule has 9 heteroatoms. The van der Waals surface area contributed by atoms with Crippen LogP contribution in [0.25, 0.3) is 0 Å². The maximum absolute atomic E-state index is 13.0. The van der Waals surface area contributed by atoms with E-state index in [2.05, 4.69) is 31.8 Å². The van der Waals surface area contributed by atoms with Crippen molar-refractivity contribution in [1.29, 1.82) is 0 Å². The highest BCUT2D eigenvalue weighted by Crippen LogP contribution is 2.23. The van der Waals surface area contributed by atoms with E-state index in [1.807, 2.05) is 6.92 Å². The minimum Gasteiger partial charge on any atom is -0.494 e. The van der Waals surface area contributed by atoms with Crippen molar-refractivity contribution < 1.29 is 18.7 Å². The fourth-order valence-corrected chi connectivity index (χ4v) is 3.13. The minimum atomic E-state index is -0.508. The molecule has 32 heavy (non-hydrogen) atoms. The van der Waals surface area contributed by atoms with Gasteiger partial charge in [0.25, 0.3) is 0 Å². The standard InChI is InChI=1S/C23H19BrFN3O3S/c1-2-30-20-10-3-15(4-11-20)22(29)31-21-12-5-17(24)13-16(21)14-26-28-23(32)27-19-8-6-18(25)7-9-19/h3-14H,2H2,1H3,(H2,27,28,32)/b26-14+. The molecule has 3 rings (SSSR count). The molecule has 3 aromatic carbocycles. The van der Waals surface area contributed by atoms with Gasteiger partial charge in [-0.25, -0.2) is 9.18 Å². The van der Waals surface area contributed by atoms with Crippen molar-refractivity contribution in [1.82, 2.24) is 5.43 Å². The smallest absolute Gasteiger partial charge is 0.343 e. The molecule has 0 saturated carbocycles. The van der Waals surface area contributed by atoms with Gasteiger partial charge in [0.15, 0.2) is 5.11 Å². The Bertz CT molecular complexity index is 1120. The molecule has 3 aromatic rings. The lowest BCUT2D eigenvalue weighted by Crippen LogP contribution is -2.23. The van der Waals surface area contributed by atoms with Crippen molar-refractivity contribution in [3.8, 4) is 11.5 Å². The summed E-state index contributed by atoms with van der Waals surface area (Å²) in [6.07, 6.45) is 1.48. The summed E-state index contributed by atoms with van der Waals surface area (Å²) >= 11 is 8.57. The number of benzene rings is 3. The van der Waals surface area contributed by atoms with Gasteiger partial charge in [0.2, 0.25) is 0 Å². The lowest BCUT2D eigenvalue weighted by atomic mass is 10.2. The second-order valence-corrected chi connectivity index (χ2v) is 7.68. The van der Waals surface area contributed by atoms with Crippen molar-refractivity contribution in [2.24, 2.45) is 5.10 Å². The molecule has 0 aliphatic heterocycles. The molecular weight excluding hydrogens is 497 g/mol. The molecule has 164 valence electrons. The van der Waals surface area contributed by atoms with Gasteiger partial charge in [-0.1, -0.05) is 15.9 Å². The van der Waals surface area contributed by atoms with Gasteiger partial charge >= 0.3 is 5.97 Å². The Kier molecular flexibility index (Phi) is 8.29. The first kappa shape index (κ1) is 23.4. The van der Waals surface area contributed by atoms with E-state index in [0.717, 1.165) is 4.47 Å². The van der Waals surface area contributed by atoms with Crippen molar-refractivity contribution in [3.05, 3.63) is 88.1 Å². The Hall–Kier alpha value is -3.30. The van der Waals surface area contributed by atoms with Crippen molar-refractivity contribution in [2.75, 3.05) is 11.9 Å². The predicted octanol–water partition coefficient (Wildman–Crippen LogP) is 5.53. The molecule has 0 aliphatic carbocycles. The molecule has 0 radical (unpaired) electrons. The van der Waals surface area contributed by atoms with Gasteiger partial charge in [-0.3, -0.25) is 5.43 Å². The molecule has 6 nitrogen and oxygen atoms in total. The number of carbonyl (C=O) groups excluding carboxylic acids is 1. The van der Waals surface area contributed by atoms with Crippen LogP contribution in [-0.2, 0) is 0 Å². The molecule has 0 fully saturated rings. The quantitative estimate of drug-likeness (QED) is 0.142. The average Bonchev–Trinajstić information content (AvgIpc) is 2.78. The molecule has 0 aromatic heterocycles. The second-order valence-electron chi connectivity index (χ2n) is 6.36. The number of hydrogen-bond donors (Lipinski definition) is 2. The Balaban J connectivity index is 1.65. The van der Waals surface area contributed by atoms with Crippen LogP contribution < -0.4 is 20.2 Å². The number of esters is 1. The Morgan fingerprint density at radius 1 is 1.12 bits per heavy atom. The molecule has 0 spiro atoms. The fraction of sp³-hybridized carbons (Fsp3) is 0.0870. The van der Waals surface area contributed by atoms with Crippen LogP contribution in [0.2, 0.25) is 0 Å². The molecule has 0 saturated heterocycles. The highest BCUT2D eigenvalue weighted by Gasteiger charge is 2.12. The van der Waals surface area contributed by atoms with Crippen molar-refractivity contribution in [3.63, 3.8) is 0 Å². The summed E-state index contributed by atoms with van der Waals surface area (Å²) in [5.41, 5.74) is 4.23. The maximum atomic E-state index is 13.0. The van der Waals surface area contributed by atoms with Gasteiger partial charge in [0.1, 0.15) is 17.3 Å². The van der Waals surface area contributed by atoms with E-state index in [-0.39, 0.29) is 10.9 Å². The SMILES string of the molecule is CCOc1ccc(C(=O)Oc2ccc(Br)cc2/C=N/NC(=S)Nc2ccc(F)cc2)cc1. The summed E-state index contributed by atoms with van der Waals surface area (Å²) in [7, 11) is 0. The summed E-state index contributed by atoms with van der Waals surface area (Å²) in [4.78, 5) is 12.5. The van der Waals surface area contributed by atoms with E-state index in [4.69, 9.17) is 21.7 Å². The molecule has 0 atom stereocenters. The molecule has 0 amide bonds. The number of thiocarbonyl (C=S) groups is 1. The number of carbonyl (C=O) groups is 1. The first-order valence-electron chi connectivity index (χ1n) is 9.55. The van der Waals surface area contributed by atoms with Crippen LogP contribution in [0, 0.1) is 5.82 Å². The van der Waals surface area contributed by atoms with E-state index < -0.39 is 5.97 Å². The van der Waals surface area contributed by atoms with Gasteiger partial charge in [-0.15, -0.1) is 0 Å². The zero-order valence-electron chi connectivity index (χ0n) is 17.0. The summed E-state index contributed by atoms with van der Waals surface area (Å²) in [5.74, 6) is 0.160. The lowest BCUT2D eigenvalue weighted by molar-refractivity contribution is 0.0734. The van der Waals surface area contributed by atoms with Crippen LogP contribution in [0.5, 0.6) is 11.5 Å². The van der Waals surface area contributed by atoms with Gasteiger partial charge < -0.3 is 14.8 Å². The van der Waals surface area contributed by atoms with Gasteiger partial charge in [0.05, 0.1) is 18.4 Å². The second kappa shape index (κ2) is 11.4. The predicted molar refractivity (Wildman–Crippen MR) is 130 cm³/mol. The number of hydrogen-bond acceptors (Lipinski definition) is 5. The van der Waals surface area contributed by atoms with E-state index >= 15 is 0 Å². The van der Waals surface area contributed by atoms with E-state index in [0.29, 0.717) is 34.9 Å². The maximum Gasteiger partial charge on any atom is 0.343 e. The van der Waals surface area contributed by atoms with Crippen LogP contribution in [0.3, 0.4) is 0 Å². The third kappa shape index (κ3) is 6.86. The summed E-state index contributed by atoms with van der Waals surface area (Å²) in [6, 6.07) is 17.6. The third-order valence-corrected chi connectivity index (χ3v) is 4.73. The highest BCUT2D eigenvalue weighted by atomic mass is 79.9. The molecule has 0 aliphatic rings. The Labute approximate surface area is 198 Å². The highest BCUT2D eigenvalue weighted by molar-refractivity contribution is 9.10. The largest absolute Gasteiger partial charge is 0.494 e. The summed E-state index contributed by atoms with van der Waals surface area (Å²) < 4.78 is 24.7. The van der Waals surface area contributed by atoms with Crippen molar-refractivity contribution >= 4 is 51.1 Å². The molecule has 2 N–H and O–H groups in total. The first-order valence-corrected chi connectivity index (χ1v) is 10.7. The first-order chi connectivity index (χ1) is 15.4. The van der Waals surface area contributed by atoms with E-state index in [1.54, 1.807) is 54.6 Å². The number of anilines is 1. The average molecular weight is 516 g/mol. The van der Waals surface area contributed by atoms with Gasteiger partial charge in [-0.2, -0.15) is 5.10 Å². The number of hydrazone groups is 1. The molecular formula is C23H19BrFN3O3S. The number of nitrogens with one attached hydrogen (secondary N) is 2. The Morgan fingerprint density at radius 2 is 1.84 bits per heavy atom. The number of ether oxygens (including phenoxy) is 2. The van der Waals surface area contributed by atoms with Gasteiger partial charge in [-0.05, 0) is 85.9 Å². The molecule has 0 bridgehead atoms. The number of nitrogens with zero attached hydrogens (tertiary/aromatic N) is 1. The number of rotatable bonds is 7. The minimum absolute atomic E-state index is 0.218. The van der Waals surface area contributed by atoms with E-state index in [9.17, 15) is 9.18 Å². The zero-order valence-corrected chi connectivity index (χ0v) is 19.4. The fourth-order valence-electron chi connectivity index (χ4n) is 2.58. The topological polar surface area (TPSA) is 72.0 Å². The Morgan fingerprint density at radius 3 is 2.53 bits per heavy atom. The van der Waals surface area contributed by atoms with E-state index in [1.165, 1.54) is 18.3 Å². The van der Waals surface area contributed by atoms with Gasteiger partial charge in [0, 0.05) is 15.7 Å². The van der Waals surface area contributed by atoms with Crippen LogP contribution in [-0.4, -0.2) is 23.9 Å². The van der Waals surface area contributed by atoms with Crippen LogP contribution in [0.4, 0.5) is 10.1 Å². The number of halogens is 2. The monoisotopic (exact) mass is 515 g/mol. The molecule has 0 unspecified atom stereocenters. The zero-order chi connectivity index (χ0) is 22.9. The van der Waals surface area contributed by atoms with Crippen molar-refractivity contribution in [2.45, 2.75) is 6.92 Å². The lowest BCUT2D eigenvalue weighted by Gasteiger charge is -2.09. The summed E-state index contributed by atoms with van der Waals surface area (Å²) in [6.45, 7) is 2.43. The molecule has 0 heterocycles. The van der Waals surface area contributed by atoms with Crippen LogP contribution >= 0.6 is 28.1 Å². The normalized spacial score (nSPS) is 10.6.